The Kier molecular flexibility index (Phi) is 4.57. The zero-order chi connectivity index (χ0) is 18.6. The average Bonchev–Trinajstić information content (AvgIpc) is 3.37. The first kappa shape index (κ1) is 16.8. The molecule has 0 radical (unpaired) electrons. The number of nitrogens with zero attached hydrogens (tertiary/aromatic N) is 2. The highest BCUT2D eigenvalue weighted by atomic mass is 16.5. The van der Waals surface area contributed by atoms with Crippen molar-refractivity contribution in [2.75, 3.05) is 13.7 Å². The molecule has 0 spiro atoms. The lowest BCUT2D eigenvalue weighted by Crippen LogP contribution is -2.26. The first-order valence-corrected chi connectivity index (χ1v) is 8.56. The van der Waals surface area contributed by atoms with E-state index < -0.39 is 5.91 Å². The summed E-state index contributed by atoms with van der Waals surface area (Å²) in [6.07, 6.45) is 2.51. The maximum atomic E-state index is 12.3. The lowest BCUT2D eigenvalue weighted by atomic mass is 10.1. The number of nitrogens with one attached hydrogen (secondary N) is 2. The van der Waals surface area contributed by atoms with Gasteiger partial charge in [0.15, 0.2) is 0 Å². The summed E-state index contributed by atoms with van der Waals surface area (Å²) in [6, 6.07) is 15.4. The molecule has 0 aliphatic heterocycles. The van der Waals surface area contributed by atoms with E-state index in [0.29, 0.717) is 18.8 Å². The number of para-hydroxylation sites is 1. The highest BCUT2D eigenvalue weighted by Gasteiger charge is 2.16. The molecule has 2 aromatic heterocycles. The molecule has 27 heavy (non-hydrogen) atoms. The summed E-state index contributed by atoms with van der Waals surface area (Å²) in [5.74, 6) is 0.727. The van der Waals surface area contributed by atoms with E-state index in [9.17, 15) is 4.79 Å². The van der Waals surface area contributed by atoms with Crippen LogP contribution >= 0.6 is 0 Å². The van der Waals surface area contributed by atoms with Crippen LogP contribution in [0.15, 0.2) is 59.3 Å². The molecule has 0 fully saturated rings. The third-order valence-electron chi connectivity index (χ3n) is 4.30. The molecule has 0 bridgehead atoms. The molecule has 0 saturated carbocycles. The van der Waals surface area contributed by atoms with Crippen molar-refractivity contribution >= 4 is 16.8 Å². The summed E-state index contributed by atoms with van der Waals surface area (Å²) in [7, 11) is 1.63. The van der Waals surface area contributed by atoms with E-state index in [1.807, 2.05) is 54.7 Å². The van der Waals surface area contributed by atoms with Crippen molar-refractivity contribution in [3.63, 3.8) is 0 Å². The number of hydrogen-bond donors (Lipinski definition) is 2. The van der Waals surface area contributed by atoms with Crippen molar-refractivity contribution in [2.24, 2.45) is 0 Å². The number of benzene rings is 2. The smallest absolute Gasteiger partial charge is 0.316 e. The number of fused-ring (bicyclic) bond motifs is 1. The lowest BCUT2D eigenvalue weighted by Gasteiger charge is -2.08. The third kappa shape index (κ3) is 3.52. The highest BCUT2D eigenvalue weighted by molar-refractivity contribution is 5.90. The van der Waals surface area contributed by atoms with E-state index in [2.05, 4.69) is 20.4 Å². The first-order valence-electron chi connectivity index (χ1n) is 8.56. The Labute approximate surface area is 155 Å². The van der Waals surface area contributed by atoms with Gasteiger partial charge < -0.3 is 19.6 Å². The maximum Gasteiger partial charge on any atom is 0.316 e. The van der Waals surface area contributed by atoms with Gasteiger partial charge in [0.25, 0.3) is 0 Å². The minimum absolute atomic E-state index is 0.0563. The van der Waals surface area contributed by atoms with Crippen LogP contribution in [0.5, 0.6) is 5.75 Å². The maximum absolute atomic E-state index is 12.3. The molecule has 2 N–H and O–H groups in total. The molecular weight excluding hydrogens is 344 g/mol. The second-order valence-corrected chi connectivity index (χ2v) is 6.02. The van der Waals surface area contributed by atoms with Gasteiger partial charge in [-0.1, -0.05) is 23.4 Å². The van der Waals surface area contributed by atoms with Crippen molar-refractivity contribution in [1.29, 1.82) is 0 Å². The number of rotatable bonds is 6. The predicted octanol–water partition coefficient (Wildman–Crippen LogP) is 3.20. The van der Waals surface area contributed by atoms with Crippen LogP contribution in [0.25, 0.3) is 22.3 Å². The Morgan fingerprint density at radius 1 is 1.22 bits per heavy atom. The zero-order valence-electron chi connectivity index (χ0n) is 14.7. The van der Waals surface area contributed by atoms with Crippen molar-refractivity contribution in [3.8, 4) is 17.1 Å². The first-order chi connectivity index (χ1) is 13.2. The molecule has 7 nitrogen and oxygen atoms in total. The van der Waals surface area contributed by atoms with Crippen LogP contribution < -0.4 is 10.1 Å². The summed E-state index contributed by atoms with van der Waals surface area (Å²) >= 11 is 0. The fraction of sp³-hybridized carbons (Fsp3) is 0.150. The minimum Gasteiger partial charge on any atom is -0.496 e. The summed E-state index contributed by atoms with van der Waals surface area (Å²) < 4.78 is 10.4. The number of H-pyrrole nitrogens is 1. The number of aromatic nitrogens is 3. The van der Waals surface area contributed by atoms with Crippen LogP contribution in [0.1, 0.15) is 16.2 Å². The van der Waals surface area contributed by atoms with Gasteiger partial charge in [-0.25, -0.2) is 0 Å². The van der Waals surface area contributed by atoms with Crippen molar-refractivity contribution < 1.29 is 14.1 Å². The number of methoxy groups -OCH3 is 1. The van der Waals surface area contributed by atoms with Gasteiger partial charge in [0.2, 0.25) is 5.82 Å². The largest absolute Gasteiger partial charge is 0.496 e. The minimum atomic E-state index is -0.397. The van der Waals surface area contributed by atoms with Gasteiger partial charge in [-0.05, 0) is 42.3 Å². The van der Waals surface area contributed by atoms with Crippen LogP contribution in [0, 0.1) is 0 Å². The van der Waals surface area contributed by atoms with E-state index in [1.165, 1.54) is 0 Å². The molecule has 0 aliphatic carbocycles. The van der Waals surface area contributed by atoms with Crippen LogP contribution in [0.2, 0.25) is 0 Å². The SMILES string of the molecule is COc1ccccc1CCNC(=O)c1nc(-c2ccc3[nH]ccc3c2)no1. The molecule has 4 aromatic rings. The van der Waals surface area contributed by atoms with Crippen molar-refractivity contribution in [1.82, 2.24) is 20.4 Å². The Morgan fingerprint density at radius 3 is 3.00 bits per heavy atom. The number of ether oxygens (including phenoxy) is 1. The van der Waals surface area contributed by atoms with E-state index >= 15 is 0 Å². The van der Waals surface area contributed by atoms with E-state index in [-0.39, 0.29) is 5.89 Å². The molecule has 0 unspecified atom stereocenters. The number of amides is 1. The fourth-order valence-electron chi connectivity index (χ4n) is 2.92. The molecule has 0 saturated heterocycles. The molecule has 7 heteroatoms. The molecule has 136 valence electrons. The zero-order valence-corrected chi connectivity index (χ0v) is 14.7. The Bertz CT molecular complexity index is 1080. The van der Waals surface area contributed by atoms with Gasteiger partial charge in [0, 0.05) is 29.2 Å². The summed E-state index contributed by atoms with van der Waals surface area (Å²) in [5, 5.41) is 7.75. The number of aromatic amines is 1. The van der Waals surface area contributed by atoms with Crippen LogP contribution in [0.4, 0.5) is 0 Å². The Hall–Kier alpha value is -3.61. The van der Waals surface area contributed by atoms with Crippen molar-refractivity contribution in [2.45, 2.75) is 6.42 Å². The molecule has 1 amide bonds. The Balaban J connectivity index is 1.41. The normalized spacial score (nSPS) is 10.9. The van der Waals surface area contributed by atoms with E-state index in [1.54, 1.807) is 7.11 Å². The molecule has 0 aliphatic rings. The van der Waals surface area contributed by atoms with Crippen LogP contribution in [0.3, 0.4) is 0 Å². The molecule has 2 heterocycles. The van der Waals surface area contributed by atoms with Gasteiger partial charge >= 0.3 is 11.8 Å². The second-order valence-electron chi connectivity index (χ2n) is 6.02. The van der Waals surface area contributed by atoms with E-state index in [4.69, 9.17) is 9.26 Å². The lowest BCUT2D eigenvalue weighted by molar-refractivity contribution is 0.0910. The second kappa shape index (κ2) is 7.33. The van der Waals surface area contributed by atoms with Gasteiger partial charge in [0.1, 0.15) is 5.75 Å². The average molecular weight is 362 g/mol. The molecule has 0 atom stereocenters. The van der Waals surface area contributed by atoms with E-state index in [0.717, 1.165) is 27.8 Å². The quantitative estimate of drug-likeness (QED) is 0.549. The van der Waals surface area contributed by atoms with Crippen LogP contribution in [-0.2, 0) is 6.42 Å². The Morgan fingerprint density at radius 2 is 2.11 bits per heavy atom. The number of carbonyl (C=O) groups excluding carboxylic acids is 1. The number of hydrogen-bond acceptors (Lipinski definition) is 5. The molecular formula is C20H18N4O3. The summed E-state index contributed by atoms with van der Waals surface area (Å²) in [6.45, 7) is 0.437. The standard InChI is InChI=1S/C20H18N4O3/c1-26-17-5-3-2-4-13(17)8-11-22-19(25)20-23-18(24-27-20)15-6-7-16-14(12-15)9-10-21-16/h2-7,9-10,12,21H,8,11H2,1H3,(H,22,25). The summed E-state index contributed by atoms with van der Waals surface area (Å²) in [5.41, 5.74) is 2.83. The van der Waals surface area contributed by atoms with Gasteiger partial charge in [-0.2, -0.15) is 4.98 Å². The molecule has 4 rings (SSSR count). The monoisotopic (exact) mass is 362 g/mol. The van der Waals surface area contributed by atoms with Crippen molar-refractivity contribution in [3.05, 3.63) is 66.2 Å². The van der Waals surface area contributed by atoms with Crippen LogP contribution in [-0.4, -0.2) is 34.7 Å². The topological polar surface area (TPSA) is 93.0 Å². The fourth-order valence-corrected chi connectivity index (χ4v) is 2.92. The number of carbonyl (C=O) groups is 1. The molecule has 2 aromatic carbocycles. The summed E-state index contributed by atoms with van der Waals surface area (Å²) in [4.78, 5) is 19.6. The third-order valence-corrected chi connectivity index (χ3v) is 4.30. The highest BCUT2D eigenvalue weighted by Crippen LogP contribution is 2.21. The predicted molar refractivity (Wildman–Crippen MR) is 101 cm³/mol. The van der Waals surface area contributed by atoms with Gasteiger partial charge in [0.05, 0.1) is 7.11 Å². The van der Waals surface area contributed by atoms with Gasteiger partial charge in [-0.15, -0.1) is 0 Å². The van der Waals surface area contributed by atoms with Gasteiger partial charge in [-0.3, -0.25) is 4.79 Å².